The van der Waals surface area contributed by atoms with E-state index in [2.05, 4.69) is 61.7 Å². The maximum Gasteiger partial charge on any atom is 0.415 e. The number of H-pyrrole nitrogens is 4. The lowest BCUT2D eigenvalue weighted by Crippen LogP contribution is -2.41. The summed E-state index contributed by atoms with van der Waals surface area (Å²) < 4.78 is 61.5. The average Bonchev–Trinajstić information content (AvgIpc) is 1.60. The molecule has 32 nitrogen and oxygen atoms in total. The van der Waals surface area contributed by atoms with E-state index in [0.29, 0.717) is 111 Å². The van der Waals surface area contributed by atoms with Gasteiger partial charge in [-0.2, -0.15) is 15.3 Å². The molecule has 0 radical (unpaired) electrons. The fourth-order valence-electron chi connectivity index (χ4n) is 18.7. The molecule has 4 atom stereocenters. The van der Waals surface area contributed by atoms with E-state index in [1.807, 2.05) is 202 Å². The van der Waals surface area contributed by atoms with Crippen molar-refractivity contribution in [3.05, 3.63) is 308 Å². The molecule has 19 rings (SSSR count). The Morgan fingerprint density at radius 2 is 0.706 bits per heavy atom. The van der Waals surface area contributed by atoms with Gasteiger partial charge in [-0.1, -0.05) is 108 Å². The van der Waals surface area contributed by atoms with Crippen LogP contribution in [-0.4, -0.2) is 232 Å². The van der Waals surface area contributed by atoms with Crippen molar-refractivity contribution in [3.8, 4) is 23.0 Å². The number of halogens is 4. The van der Waals surface area contributed by atoms with E-state index in [-0.39, 0.29) is 48.6 Å². The van der Waals surface area contributed by atoms with Gasteiger partial charge in [-0.3, -0.25) is 38.5 Å². The molecule has 0 saturated carbocycles. The number of benzene rings is 8. The normalized spacial score (nSPS) is 15.3. The molecule has 0 saturated heterocycles. The molecular formula is C107H120Cl4N18O14. The Hall–Kier alpha value is -13.6. The Bertz CT molecular complexity index is 6710. The smallest absolute Gasteiger partial charge is 0.415 e. The van der Waals surface area contributed by atoms with Crippen molar-refractivity contribution in [1.82, 2.24) is 88.7 Å². The van der Waals surface area contributed by atoms with Crippen LogP contribution in [-0.2, 0) is 73.7 Å². The molecule has 4 aliphatic rings. The van der Waals surface area contributed by atoms with Gasteiger partial charge in [0.2, 0.25) is 0 Å². The average molecular weight is 2020 g/mol. The topological polar surface area (TPSA) is 332 Å². The van der Waals surface area contributed by atoms with Crippen molar-refractivity contribution in [2.45, 2.75) is 142 Å². The van der Waals surface area contributed by atoms with Crippen LogP contribution in [0.3, 0.4) is 0 Å². The van der Waals surface area contributed by atoms with Gasteiger partial charge in [0.25, 0.3) is 0 Å². The Morgan fingerprint density at radius 1 is 0.399 bits per heavy atom. The zero-order valence-corrected chi connectivity index (χ0v) is 84.3. The van der Waals surface area contributed by atoms with Crippen LogP contribution >= 0.6 is 46.4 Å². The second-order valence-electron chi connectivity index (χ2n) is 35.4. The summed E-state index contributed by atoms with van der Waals surface area (Å²) in [5.41, 5.74) is 16.7. The lowest BCUT2D eigenvalue weighted by atomic mass is 9.92. The van der Waals surface area contributed by atoms with Crippen LogP contribution in [0.15, 0.2) is 220 Å². The van der Waals surface area contributed by atoms with Crippen molar-refractivity contribution in [2.24, 2.45) is 0 Å². The van der Waals surface area contributed by atoms with Crippen molar-refractivity contribution < 1.29 is 66.5 Å². The Morgan fingerprint density at radius 3 is 0.993 bits per heavy atom. The summed E-state index contributed by atoms with van der Waals surface area (Å²) in [7, 11) is 3.43. The highest BCUT2D eigenvalue weighted by Crippen LogP contribution is 2.46. The van der Waals surface area contributed by atoms with E-state index >= 15 is 0 Å². The van der Waals surface area contributed by atoms with E-state index in [0.717, 1.165) is 202 Å². The molecule has 4 N–H and O–H groups in total. The largest absolute Gasteiger partial charge is 0.494 e. The summed E-state index contributed by atoms with van der Waals surface area (Å²) >= 11 is 25.1. The van der Waals surface area contributed by atoms with Gasteiger partial charge in [0.05, 0.1) is 64.7 Å². The summed E-state index contributed by atoms with van der Waals surface area (Å²) in [5, 5.41) is 19.5. The third-order valence-corrected chi connectivity index (χ3v) is 26.2. The number of fused-ring (bicyclic) bond motifs is 12. The molecule has 8 aromatic carbocycles. The van der Waals surface area contributed by atoms with E-state index in [4.69, 9.17) is 93.8 Å². The maximum atomic E-state index is 13.0. The fourth-order valence-corrected chi connectivity index (χ4v) is 19.4. The lowest BCUT2D eigenvalue weighted by Gasteiger charge is -2.36. The molecule has 36 heteroatoms. The van der Waals surface area contributed by atoms with Crippen LogP contribution in [0.2, 0.25) is 20.1 Å². The van der Waals surface area contributed by atoms with E-state index < -0.39 is 6.09 Å². The van der Waals surface area contributed by atoms with Crippen molar-refractivity contribution >= 4 is 114 Å². The monoisotopic (exact) mass is 2020 g/mol. The lowest BCUT2D eigenvalue weighted by molar-refractivity contribution is 0.0654. The predicted octanol–water partition coefficient (Wildman–Crippen LogP) is 21.5. The van der Waals surface area contributed by atoms with Crippen LogP contribution in [0, 0.1) is 0 Å². The molecule has 15 aromatic rings. The highest BCUT2D eigenvalue weighted by Gasteiger charge is 2.41. The quantitative estimate of drug-likeness (QED) is 0.0163. The molecule has 0 aliphatic carbocycles. The number of hydrogen-bond donors (Lipinski definition) is 4. The number of methoxy groups -OCH3 is 2. The van der Waals surface area contributed by atoms with E-state index in [1.165, 1.54) is 41.2 Å². The third kappa shape index (κ3) is 25.7. The van der Waals surface area contributed by atoms with Gasteiger partial charge in [0.15, 0.2) is 0 Å². The second-order valence-corrected chi connectivity index (χ2v) is 37.2. The molecule has 0 fully saturated rings. The van der Waals surface area contributed by atoms with Crippen LogP contribution < -0.4 is 18.9 Å². The van der Waals surface area contributed by atoms with Crippen molar-refractivity contribution in [3.63, 3.8) is 0 Å². The third-order valence-electron chi connectivity index (χ3n) is 25.3. The van der Waals surface area contributed by atoms with Gasteiger partial charge in [-0.15, -0.1) is 0 Å². The second kappa shape index (κ2) is 49.4. The number of rotatable bonds is 35. The number of aryl methyl sites for hydroxylation is 3. The minimum Gasteiger partial charge on any atom is -0.494 e. The molecular weight excluding hydrogens is 1900 g/mol. The first-order valence-corrected chi connectivity index (χ1v) is 50.0. The predicted molar refractivity (Wildman–Crippen MR) is 550 cm³/mol. The number of nitrogens with one attached hydrogen (secondary N) is 4. The first kappa shape index (κ1) is 102. The fraction of sp³-hybridized carbons (Fsp3) is 0.364. The maximum absolute atomic E-state index is 13.0. The highest BCUT2D eigenvalue weighted by atomic mass is 35.5. The van der Waals surface area contributed by atoms with E-state index in [1.54, 1.807) is 68.9 Å². The van der Waals surface area contributed by atoms with Crippen LogP contribution in [0.4, 0.5) is 19.2 Å². The molecule has 11 heterocycles. The Balaban J connectivity index is 0.000000137. The number of aromatic nitrogens is 13. The number of ether oxygens (including phenoxy) is 10. The summed E-state index contributed by atoms with van der Waals surface area (Å²) in [6.07, 6.45) is 15.2. The minimum absolute atomic E-state index is 0.195. The minimum atomic E-state index is -0.418. The SMILES string of the molecule is C=C(C)OC(=O)N1CCc2c([nH]c3ccc(Cl)cc23)C1c1ccc(OCCCn2cncn2)cc1.CC(C)OC(=O)N1CCc2c([nH]c3ccc(Cl)cc23)C1c1ccc(OCCCn2cncn2)cc1.CCCOC(=O)N1CCc2c([nH]c3ccc(Cl)cc23)C1c1ccc(OCCCn2cncn2)cc1.CCOC(=O)N1CCc2c([nH]c3ccc(Cl)cc23)C1c1ccc(OCCCN(CCOC)CCOC)cc1. The number of carbonyl (C=O) groups excluding carboxylic acids is 4. The molecule has 4 aliphatic heterocycles. The summed E-state index contributed by atoms with van der Waals surface area (Å²) in [6, 6.07) is 53.9. The van der Waals surface area contributed by atoms with Gasteiger partial charge in [-0.25, -0.2) is 34.1 Å². The van der Waals surface area contributed by atoms with Crippen LogP contribution in [0.5, 0.6) is 23.0 Å². The van der Waals surface area contributed by atoms with Crippen molar-refractivity contribution in [1.29, 1.82) is 0 Å². The number of carbonyl (C=O) groups is 4. The van der Waals surface area contributed by atoms with Gasteiger partial charge < -0.3 is 67.3 Å². The first-order valence-electron chi connectivity index (χ1n) is 48.4. The van der Waals surface area contributed by atoms with E-state index in [9.17, 15) is 19.2 Å². The van der Waals surface area contributed by atoms with Crippen LogP contribution in [0.25, 0.3) is 43.6 Å². The molecule has 4 amide bonds. The van der Waals surface area contributed by atoms with Gasteiger partial charge in [0, 0.05) is 185 Å². The Labute approximate surface area is 850 Å². The van der Waals surface area contributed by atoms with Gasteiger partial charge in [0.1, 0.15) is 85.1 Å². The molecule has 7 aromatic heterocycles. The molecule has 750 valence electrons. The van der Waals surface area contributed by atoms with Crippen LogP contribution in [0.1, 0.15) is 158 Å². The standard InChI is InChI=1S/C29H38ClN3O5.C26H28ClN5O3.C26H26ClN5O3.C26H28ClN5O3/c1-4-37-29(34)33-14-12-24-25-20-22(30)8-11-26(25)31-27(24)28(33)21-6-9-23(10-7-21)38-17-5-13-32(15-18-35-2)16-19-36-3;2*1-17(2)35-26(33)32-12-10-21-22-14-19(27)6-9-23(22)30-24(21)25(32)18-4-7-20(8-5-18)34-13-3-11-31-16-28-15-29-31;1-2-13-35-26(33)32-12-10-21-22-15-19(27)6-9-23(22)30-24(21)25(32)18-4-7-20(8-5-18)34-14-3-11-31-17-28-16-29-31/h6-11,20,28,31H,4-5,12-19H2,1-3H3;4-9,14-17,25,30H,3,10-13H2,1-2H3;4-9,14-16,25,30H,1,3,10-13H2,2H3;4-9,15-17,25,30H,2-3,10-14H2,1H3. The molecule has 4 unspecified atom stereocenters. The zero-order valence-electron chi connectivity index (χ0n) is 81.3. The number of amides is 4. The number of aromatic amines is 4. The van der Waals surface area contributed by atoms with Crippen molar-refractivity contribution in [2.75, 3.05) is 113 Å². The first-order chi connectivity index (χ1) is 69.7. The highest BCUT2D eigenvalue weighted by molar-refractivity contribution is 6.32. The van der Waals surface area contributed by atoms with Gasteiger partial charge in [-0.05, 0) is 232 Å². The Kier molecular flexibility index (Phi) is 35.3. The summed E-state index contributed by atoms with van der Waals surface area (Å²) in [6.45, 7) is 24.5. The number of nitrogens with zero attached hydrogens (tertiary/aromatic N) is 14. The molecule has 0 spiro atoms. The number of hydrogen-bond acceptors (Lipinski definition) is 21. The molecule has 143 heavy (non-hydrogen) atoms. The summed E-state index contributed by atoms with van der Waals surface area (Å²) in [5.74, 6) is 3.49. The molecule has 0 bridgehead atoms. The zero-order chi connectivity index (χ0) is 99.8. The van der Waals surface area contributed by atoms with Gasteiger partial charge >= 0.3 is 24.4 Å². The number of allylic oxidation sites excluding steroid dienone is 1. The summed E-state index contributed by atoms with van der Waals surface area (Å²) in [4.78, 5) is 87.4.